The van der Waals surface area contributed by atoms with E-state index in [9.17, 15) is 9.59 Å². The van der Waals surface area contributed by atoms with Crippen molar-refractivity contribution in [1.82, 2.24) is 15.3 Å². The number of aromatic nitrogens is 2. The topological polar surface area (TPSA) is 105 Å². The Morgan fingerprint density at radius 2 is 2.09 bits per heavy atom. The van der Waals surface area contributed by atoms with Crippen molar-refractivity contribution >= 4 is 46.0 Å². The van der Waals surface area contributed by atoms with Crippen molar-refractivity contribution in [2.24, 2.45) is 11.8 Å². The first-order valence-electron chi connectivity index (χ1n) is 12.0. The third-order valence-corrected chi connectivity index (χ3v) is 7.63. The van der Waals surface area contributed by atoms with E-state index in [0.29, 0.717) is 29.9 Å². The van der Waals surface area contributed by atoms with Gasteiger partial charge >= 0.3 is 0 Å². The molecule has 1 aromatic carbocycles. The van der Waals surface area contributed by atoms with E-state index in [-0.39, 0.29) is 17.7 Å². The van der Waals surface area contributed by atoms with Gasteiger partial charge in [0.1, 0.15) is 5.82 Å². The molecule has 35 heavy (non-hydrogen) atoms. The first kappa shape index (κ1) is 23.6. The number of hydrogen-bond donors (Lipinski definition) is 3. The maximum absolute atomic E-state index is 13.1. The lowest BCUT2D eigenvalue weighted by atomic mass is 9.81. The molecule has 2 aliphatic rings. The van der Waals surface area contributed by atoms with E-state index < -0.39 is 0 Å². The van der Waals surface area contributed by atoms with Crippen molar-refractivity contribution < 1.29 is 14.3 Å². The molecule has 1 saturated carbocycles. The minimum Gasteiger partial charge on any atom is -0.481 e. The number of carbonyl (C=O) groups excluding carboxylic acids is 2. The number of rotatable bonds is 7. The number of thioether (sulfide) groups is 1. The molecule has 3 N–H and O–H groups in total. The molecular formula is C26H29N5O3S. The fourth-order valence-electron chi connectivity index (χ4n) is 4.80. The van der Waals surface area contributed by atoms with Gasteiger partial charge in [0.2, 0.25) is 17.7 Å². The smallest absolute Gasteiger partial charge is 0.235 e. The highest BCUT2D eigenvalue weighted by Gasteiger charge is 2.27. The average molecular weight is 492 g/mol. The minimum atomic E-state index is -0.0227. The van der Waals surface area contributed by atoms with E-state index >= 15 is 0 Å². The van der Waals surface area contributed by atoms with E-state index in [1.165, 1.54) is 11.8 Å². The third kappa shape index (κ3) is 5.57. The van der Waals surface area contributed by atoms with Crippen LogP contribution in [0.5, 0.6) is 5.88 Å². The molecular weight excluding hydrogens is 462 g/mol. The highest BCUT2D eigenvalue weighted by molar-refractivity contribution is 8.00. The summed E-state index contributed by atoms with van der Waals surface area (Å²) in [7, 11) is 1.59. The maximum atomic E-state index is 13.1. The van der Waals surface area contributed by atoms with Crippen LogP contribution >= 0.6 is 11.8 Å². The molecule has 2 unspecified atom stereocenters. The summed E-state index contributed by atoms with van der Waals surface area (Å²) in [5.41, 5.74) is 2.35. The third-order valence-electron chi connectivity index (χ3n) is 6.59. The number of nitrogens with zero attached hydrogens (tertiary/aromatic N) is 2. The molecule has 9 heteroatoms. The first-order valence-corrected chi connectivity index (χ1v) is 13.0. The van der Waals surface area contributed by atoms with E-state index in [1.807, 2.05) is 42.5 Å². The van der Waals surface area contributed by atoms with Crippen molar-refractivity contribution in [3.8, 4) is 5.88 Å². The second-order valence-corrected chi connectivity index (χ2v) is 10.1. The summed E-state index contributed by atoms with van der Waals surface area (Å²) >= 11 is 1.51. The summed E-state index contributed by atoms with van der Waals surface area (Å²) in [6.45, 7) is 1.46. The van der Waals surface area contributed by atoms with Gasteiger partial charge in [-0.2, -0.15) is 0 Å². The van der Waals surface area contributed by atoms with Crippen molar-refractivity contribution in [3.05, 3.63) is 48.2 Å². The van der Waals surface area contributed by atoms with Gasteiger partial charge in [0.15, 0.2) is 0 Å². The fourth-order valence-corrected chi connectivity index (χ4v) is 5.56. The molecule has 3 heterocycles. The van der Waals surface area contributed by atoms with Crippen molar-refractivity contribution in [2.45, 2.75) is 37.1 Å². The van der Waals surface area contributed by atoms with Gasteiger partial charge in [-0.15, -0.1) is 11.8 Å². The van der Waals surface area contributed by atoms with Crippen LogP contribution < -0.4 is 20.7 Å². The lowest BCUT2D eigenvalue weighted by Gasteiger charge is -2.28. The van der Waals surface area contributed by atoms with E-state index in [4.69, 9.17) is 4.74 Å². The number of pyridine rings is 2. The van der Waals surface area contributed by atoms with Crippen LogP contribution in [-0.2, 0) is 16.1 Å². The number of benzene rings is 1. The van der Waals surface area contributed by atoms with Crippen LogP contribution in [0, 0.1) is 11.8 Å². The van der Waals surface area contributed by atoms with Gasteiger partial charge in [-0.1, -0.05) is 18.6 Å². The van der Waals surface area contributed by atoms with Gasteiger partial charge in [-0.3, -0.25) is 9.59 Å². The van der Waals surface area contributed by atoms with E-state index in [0.717, 1.165) is 59.4 Å². The van der Waals surface area contributed by atoms with Crippen LogP contribution in [-0.4, -0.2) is 41.2 Å². The standard InChI is InChI=1S/C26H29N5O3S/c1-34-23-11-8-17-5-3-7-20(24(17)31-23)29-26(33)18-6-2-4-16(12-18)13-27-14-19-9-10-21-25(28-19)30-22(32)15-35-21/h3,5,7-11,16,18,27H,2,4,6,12-15H2,1H3,(H,29,33)(H,28,30,32). The zero-order valence-electron chi connectivity index (χ0n) is 19.7. The Labute approximate surface area is 208 Å². The van der Waals surface area contributed by atoms with Gasteiger partial charge in [0.05, 0.1) is 34.7 Å². The number of hydrogen-bond acceptors (Lipinski definition) is 7. The molecule has 0 radical (unpaired) electrons. The summed E-state index contributed by atoms with van der Waals surface area (Å²) in [4.78, 5) is 34.9. The summed E-state index contributed by atoms with van der Waals surface area (Å²) in [6, 6.07) is 13.6. The highest BCUT2D eigenvalue weighted by Crippen LogP contribution is 2.32. The summed E-state index contributed by atoms with van der Waals surface area (Å²) < 4.78 is 5.26. The Hall–Kier alpha value is -3.17. The Morgan fingerprint density at radius 3 is 2.97 bits per heavy atom. The number of nitrogens with one attached hydrogen (secondary N) is 3. The first-order chi connectivity index (χ1) is 17.1. The minimum absolute atomic E-state index is 0.00921. The van der Waals surface area contributed by atoms with E-state index in [2.05, 4.69) is 25.9 Å². The molecule has 2 amide bonds. The van der Waals surface area contributed by atoms with Crippen LogP contribution in [0.1, 0.15) is 31.4 Å². The Balaban J connectivity index is 1.16. The van der Waals surface area contributed by atoms with Crippen molar-refractivity contribution in [2.75, 3.05) is 30.0 Å². The van der Waals surface area contributed by atoms with Crippen LogP contribution in [0.25, 0.3) is 10.9 Å². The lowest BCUT2D eigenvalue weighted by molar-refractivity contribution is -0.121. The van der Waals surface area contributed by atoms with Gasteiger partial charge in [-0.05, 0) is 56.0 Å². The van der Waals surface area contributed by atoms with Crippen molar-refractivity contribution in [1.29, 1.82) is 0 Å². The molecule has 1 aliphatic heterocycles. The molecule has 3 aromatic rings. The zero-order chi connectivity index (χ0) is 24.2. The number of anilines is 2. The number of ether oxygens (including phenoxy) is 1. The molecule has 5 rings (SSSR count). The molecule has 8 nitrogen and oxygen atoms in total. The molecule has 2 aromatic heterocycles. The van der Waals surface area contributed by atoms with Crippen LogP contribution in [0.3, 0.4) is 0 Å². The summed E-state index contributed by atoms with van der Waals surface area (Å²) in [6.07, 6.45) is 3.89. The molecule has 0 saturated heterocycles. The molecule has 1 fully saturated rings. The Morgan fingerprint density at radius 1 is 1.17 bits per heavy atom. The quantitative estimate of drug-likeness (QED) is 0.454. The summed E-state index contributed by atoms with van der Waals surface area (Å²) in [5.74, 6) is 2.07. The number of para-hydroxylation sites is 1. The normalized spacial score (nSPS) is 19.6. The van der Waals surface area contributed by atoms with Gasteiger partial charge in [0.25, 0.3) is 0 Å². The second kappa shape index (κ2) is 10.6. The van der Waals surface area contributed by atoms with Crippen LogP contribution in [0.2, 0.25) is 0 Å². The van der Waals surface area contributed by atoms with Gasteiger partial charge in [0, 0.05) is 23.9 Å². The zero-order valence-corrected chi connectivity index (χ0v) is 20.5. The predicted octanol–water partition coefficient (Wildman–Crippen LogP) is 4.22. The number of fused-ring (bicyclic) bond motifs is 2. The van der Waals surface area contributed by atoms with Gasteiger partial charge < -0.3 is 20.7 Å². The number of carbonyl (C=O) groups is 2. The predicted molar refractivity (Wildman–Crippen MR) is 138 cm³/mol. The van der Waals surface area contributed by atoms with Crippen LogP contribution in [0.4, 0.5) is 11.5 Å². The highest BCUT2D eigenvalue weighted by atomic mass is 32.2. The van der Waals surface area contributed by atoms with E-state index in [1.54, 1.807) is 7.11 Å². The average Bonchev–Trinajstić information content (AvgIpc) is 2.88. The van der Waals surface area contributed by atoms with Crippen molar-refractivity contribution in [3.63, 3.8) is 0 Å². The summed E-state index contributed by atoms with van der Waals surface area (Å²) in [5, 5.41) is 10.4. The maximum Gasteiger partial charge on any atom is 0.235 e. The molecule has 0 spiro atoms. The molecule has 182 valence electrons. The molecule has 2 atom stereocenters. The number of methoxy groups -OCH3 is 1. The largest absolute Gasteiger partial charge is 0.481 e. The lowest BCUT2D eigenvalue weighted by Crippen LogP contribution is -2.32. The van der Waals surface area contributed by atoms with Gasteiger partial charge in [-0.25, -0.2) is 9.97 Å². The monoisotopic (exact) mass is 491 g/mol. The Bertz CT molecular complexity index is 1250. The van der Waals surface area contributed by atoms with Crippen LogP contribution in [0.15, 0.2) is 47.4 Å². The number of amides is 2. The Kier molecular flexibility index (Phi) is 7.15. The molecule has 0 bridgehead atoms. The second-order valence-electron chi connectivity index (χ2n) is 9.07. The molecule has 1 aliphatic carbocycles. The SMILES string of the molecule is COc1ccc2cccc(NC(=O)C3CCCC(CNCc4ccc5c(n4)NC(=O)CS5)C3)c2n1. The fraction of sp³-hybridized carbons (Fsp3) is 0.385.